The number of amidine groups is 1. The molecule has 0 unspecified atom stereocenters. The van der Waals surface area contributed by atoms with E-state index in [0.29, 0.717) is 5.41 Å². The van der Waals surface area contributed by atoms with Gasteiger partial charge in [-0.3, -0.25) is 10.3 Å². The number of aryl methyl sites for hydroxylation is 1. The Morgan fingerprint density at radius 2 is 2.00 bits per heavy atom. The third-order valence-corrected chi connectivity index (χ3v) is 4.96. The molecule has 0 bridgehead atoms. The van der Waals surface area contributed by atoms with Crippen molar-refractivity contribution in [2.24, 2.45) is 11.1 Å². The Hall–Kier alpha value is -1.35. The van der Waals surface area contributed by atoms with E-state index in [1.807, 2.05) is 12.1 Å². The zero-order valence-electron chi connectivity index (χ0n) is 13.0. The summed E-state index contributed by atoms with van der Waals surface area (Å²) in [6, 6.07) is 6.11. The summed E-state index contributed by atoms with van der Waals surface area (Å²) in [7, 11) is 0. The maximum atomic E-state index is 7.49. The molecule has 0 spiro atoms. The molecule has 1 saturated heterocycles. The lowest BCUT2D eigenvalue weighted by Gasteiger charge is -2.39. The summed E-state index contributed by atoms with van der Waals surface area (Å²) in [6.07, 6.45) is 3.88. The number of piperidine rings is 1. The molecular formula is C17H27N3. The highest BCUT2D eigenvalue weighted by atomic mass is 15.1. The van der Waals surface area contributed by atoms with Crippen LogP contribution in [0.15, 0.2) is 18.2 Å². The summed E-state index contributed by atoms with van der Waals surface area (Å²) in [4.78, 5) is 2.55. The number of hydrogen-bond acceptors (Lipinski definition) is 2. The van der Waals surface area contributed by atoms with E-state index in [4.69, 9.17) is 11.1 Å². The van der Waals surface area contributed by atoms with Gasteiger partial charge in [-0.2, -0.15) is 0 Å². The average molecular weight is 273 g/mol. The second kappa shape index (κ2) is 5.96. The van der Waals surface area contributed by atoms with E-state index >= 15 is 0 Å². The Morgan fingerprint density at radius 3 is 2.50 bits per heavy atom. The molecule has 3 N–H and O–H groups in total. The molecule has 20 heavy (non-hydrogen) atoms. The molecule has 0 aromatic heterocycles. The molecule has 0 saturated carbocycles. The SMILES string of the molecule is CCC1(C)CCN(Cc2ccc(C(=N)N)cc2C)CC1. The second-order valence-electron chi connectivity index (χ2n) is 6.50. The van der Waals surface area contributed by atoms with E-state index in [0.717, 1.165) is 12.1 Å². The average Bonchev–Trinajstić information content (AvgIpc) is 2.43. The first kappa shape index (κ1) is 15.0. The highest BCUT2D eigenvalue weighted by Crippen LogP contribution is 2.34. The molecular weight excluding hydrogens is 246 g/mol. The van der Waals surface area contributed by atoms with E-state index in [1.54, 1.807) is 0 Å². The third kappa shape index (κ3) is 3.40. The van der Waals surface area contributed by atoms with Gasteiger partial charge in [0, 0.05) is 12.1 Å². The standard InChI is InChI=1S/C17H27N3/c1-4-17(3)7-9-20(10-8-17)12-15-6-5-14(16(18)19)11-13(15)2/h5-6,11H,4,7-10,12H2,1-3H3,(H3,18,19). The lowest BCUT2D eigenvalue weighted by atomic mass is 9.78. The van der Waals surface area contributed by atoms with Gasteiger partial charge in [0.2, 0.25) is 0 Å². The minimum atomic E-state index is 0.149. The van der Waals surface area contributed by atoms with E-state index in [-0.39, 0.29) is 5.84 Å². The topological polar surface area (TPSA) is 53.1 Å². The van der Waals surface area contributed by atoms with Crippen molar-refractivity contribution < 1.29 is 0 Å². The Kier molecular flexibility index (Phi) is 4.48. The molecule has 0 radical (unpaired) electrons. The Balaban J connectivity index is 2.00. The van der Waals surface area contributed by atoms with Crippen molar-refractivity contribution in [1.29, 1.82) is 5.41 Å². The zero-order chi connectivity index (χ0) is 14.8. The summed E-state index contributed by atoms with van der Waals surface area (Å²) in [5.74, 6) is 0.149. The lowest BCUT2D eigenvalue weighted by Crippen LogP contribution is -2.38. The van der Waals surface area contributed by atoms with Gasteiger partial charge >= 0.3 is 0 Å². The third-order valence-electron chi connectivity index (χ3n) is 4.96. The van der Waals surface area contributed by atoms with Crippen LogP contribution in [-0.4, -0.2) is 23.8 Å². The van der Waals surface area contributed by atoms with E-state index in [1.165, 1.54) is 43.5 Å². The molecule has 2 rings (SSSR count). The molecule has 3 heteroatoms. The van der Waals surface area contributed by atoms with E-state index < -0.39 is 0 Å². The molecule has 1 fully saturated rings. The van der Waals surface area contributed by atoms with Gasteiger partial charge in [-0.25, -0.2) is 0 Å². The number of nitrogens with one attached hydrogen (secondary N) is 1. The fourth-order valence-electron chi connectivity index (χ4n) is 2.89. The maximum Gasteiger partial charge on any atom is 0.122 e. The van der Waals surface area contributed by atoms with Gasteiger partial charge in [0.1, 0.15) is 5.84 Å². The van der Waals surface area contributed by atoms with Crippen LogP contribution in [0.2, 0.25) is 0 Å². The fraction of sp³-hybridized carbons (Fsp3) is 0.588. The van der Waals surface area contributed by atoms with E-state index in [9.17, 15) is 0 Å². The van der Waals surface area contributed by atoms with Crippen LogP contribution in [0.1, 0.15) is 49.8 Å². The molecule has 1 aromatic carbocycles. The lowest BCUT2D eigenvalue weighted by molar-refractivity contribution is 0.109. The Bertz CT molecular complexity index is 485. The molecule has 0 aliphatic carbocycles. The highest BCUT2D eigenvalue weighted by molar-refractivity contribution is 5.95. The van der Waals surface area contributed by atoms with Crippen molar-refractivity contribution in [2.45, 2.75) is 46.6 Å². The fourth-order valence-corrected chi connectivity index (χ4v) is 2.89. The summed E-state index contributed by atoms with van der Waals surface area (Å²) < 4.78 is 0. The van der Waals surface area contributed by atoms with Crippen LogP contribution < -0.4 is 5.73 Å². The molecule has 1 aliphatic rings. The van der Waals surface area contributed by atoms with Gasteiger partial charge < -0.3 is 5.73 Å². The van der Waals surface area contributed by atoms with Gasteiger partial charge in [-0.15, -0.1) is 0 Å². The van der Waals surface area contributed by atoms with Gasteiger partial charge in [0.15, 0.2) is 0 Å². The first-order valence-electron chi connectivity index (χ1n) is 7.60. The number of likely N-dealkylation sites (tertiary alicyclic amines) is 1. The molecule has 1 heterocycles. The van der Waals surface area contributed by atoms with Crippen molar-refractivity contribution in [3.8, 4) is 0 Å². The molecule has 1 aliphatic heterocycles. The number of nitrogen functional groups attached to an aromatic ring is 1. The molecule has 1 aromatic rings. The highest BCUT2D eigenvalue weighted by Gasteiger charge is 2.28. The smallest absolute Gasteiger partial charge is 0.122 e. The van der Waals surface area contributed by atoms with Crippen LogP contribution in [0.25, 0.3) is 0 Å². The first-order chi connectivity index (χ1) is 9.43. The predicted octanol–water partition coefficient (Wildman–Crippen LogP) is 3.29. The summed E-state index contributed by atoms with van der Waals surface area (Å²) in [5.41, 5.74) is 9.50. The van der Waals surface area contributed by atoms with E-state index in [2.05, 4.69) is 31.7 Å². The monoisotopic (exact) mass is 273 g/mol. The summed E-state index contributed by atoms with van der Waals surface area (Å²) >= 11 is 0. The maximum absolute atomic E-state index is 7.49. The first-order valence-corrected chi connectivity index (χ1v) is 7.60. The zero-order valence-corrected chi connectivity index (χ0v) is 13.0. The van der Waals surface area contributed by atoms with Crippen molar-refractivity contribution in [2.75, 3.05) is 13.1 Å². The van der Waals surface area contributed by atoms with Crippen LogP contribution in [0.3, 0.4) is 0 Å². The van der Waals surface area contributed by atoms with Crippen LogP contribution in [0.4, 0.5) is 0 Å². The summed E-state index contributed by atoms with van der Waals surface area (Å²) in [6.45, 7) is 10.2. The normalized spacial score (nSPS) is 18.9. The second-order valence-corrected chi connectivity index (χ2v) is 6.50. The largest absolute Gasteiger partial charge is 0.384 e. The minimum Gasteiger partial charge on any atom is -0.384 e. The van der Waals surface area contributed by atoms with Gasteiger partial charge in [0.05, 0.1) is 0 Å². The number of benzene rings is 1. The van der Waals surface area contributed by atoms with Crippen molar-refractivity contribution >= 4 is 5.84 Å². The van der Waals surface area contributed by atoms with Crippen molar-refractivity contribution in [1.82, 2.24) is 4.90 Å². The number of nitrogens with two attached hydrogens (primary N) is 1. The number of hydrogen-bond donors (Lipinski definition) is 2. The molecule has 3 nitrogen and oxygen atoms in total. The van der Waals surface area contributed by atoms with Crippen molar-refractivity contribution in [3.63, 3.8) is 0 Å². The Labute approximate surface area is 122 Å². The molecule has 0 atom stereocenters. The number of nitrogens with zero attached hydrogens (tertiary/aromatic N) is 1. The number of rotatable bonds is 4. The Morgan fingerprint density at radius 1 is 1.35 bits per heavy atom. The predicted molar refractivity (Wildman–Crippen MR) is 85.1 cm³/mol. The van der Waals surface area contributed by atoms with Crippen LogP contribution in [0, 0.1) is 17.7 Å². The summed E-state index contributed by atoms with van der Waals surface area (Å²) in [5, 5.41) is 7.49. The molecule has 0 amide bonds. The van der Waals surface area contributed by atoms with Gasteiger partial charge in [0.25, 0.3) is 0 Å². The van der Waals surface area contributed by atoms with Crippen LogP contribution >= 0.6 is 0 Å². The van der Waals surface area contributed by atoms with Gasteiger partial charge in [-0.1, -0.05) is 32.4 Å². The van der Waals surface area contributed by atoms with Gasteiger partial charge in [-0.05, 0) is 55.5 Å². The minimum absolute atomic E-state index is 0.149. The van der Waals surface area contributed by atoms with Crippen molar-refractivity contribution in [3.05, 3.63) is 34.9 Å². The van der Waals surface area contributed by atoms with Crippen LogP contribution in [0.5, 0.6) is 0 Å². The molecule has 110 valence electrons. The van der Waals surface area contributed by atoms with Crippen LogP contribution in [-0.2, 0) is 6.54 Å². The quantitative estimate of drug-likeness (QED) is 0.653.